The van der Waals surface area contributed by atoms with E-state index in [4.69, 9.17) is 15.7 Å². The molecule has 0 aliphatic carbocycles. The van der Waals surface area contributed by atoms with Crippen LogP contribution in [0.15, 0.2) is 0 Å². The van der Waals surface area contributed by atoms with E-state index < -0.39 is 11.4 Å². The first kappa shape index (κ1) is 7.66. The Bertz CT molecular complexity index is 158. The lowest BCUT2D eigenvalue weighted by atomic mass is 9.53. The van der Waals surface area contributed by atoms with Gasteiger partial charge < -0.3 is 0 Å². The van der Waals surface area contributed by atoms with Gasteiger partial charge >= 0.3 is 0 Å². The van der Waals surface area contributed by atoms with E-state index in [1.54, 1.807) is 0 Å². The lowest BCUT2D eigenvalue weighted by molar-refractivity contribution is 0.291. The largest absolute Gasteiger partial charge is 0.298 e. The molecule has 2 aliphatic rings. The maximum atomic E-state index is 12.8. The zero-order chi connectivity index (χ0) is 8.06. The molecule has 1 nitrogen and oxygen atoms in total. The van der Waals surface area contributed by atoms with Crippen molar-refractivity contribution in [2.24, 2.45) is 0 Å². The summed E-state index contributed by atoms with van der Waals surface area (Å²) in [5.41, 5.74) is 0. The van der Waals surface area contributed by atoms with Crippen LogP contribution in [0.3, 0.4) is 0 Å². The topological polar surface area (TPSA) is 3.24 Å². The molecule has 4 radical (unpaired) electrons. The molecule has 2 heterocycles. The van der Waals surface area contributed by atoms with Gasteiger partial charge in [-0.1, -0.05) is 5.21 Å². The molecule has 4 heteroatoms. The van der Waals surface area contributed by atoms with Gasteiger partial charge in [0.1, 0.15) is 6.17 Å². The van der Waals surface area contributed by atoms with Crippen molar-refractivity contribution in [1.82, 2.24) is 4.90 Å². The molecule has 2 atom stereocenters. The van der Waals surface area contributed by atoms with Crippen LogP contribution in [-0.4, -0.2) is 45.9 Å². The fraction of sp³-hybridized carbons (Fsp3) is 1.00. The monoisotopic (exact) mass is 149 g/mol. The van der Waals surface area contributed by atoms with Gasteiger partial charge in [0.15, 0.2) is 0 Å². The van der Waals surface area contributed by atoms with Crippen LogP contribution < -0.4 is 0 Å². The highest BCUT2D eigenvalue weighted by molar-refractivity contribution is 6.40. The molecular formula is C7H10B2FN. The van der Waals surface area contributed by atoms with Gasteiger partial charge in [-0.05, 0) is 19.4 Å². The quantitative estimate of drug-likeness (QED) is 0.446. The predicted octanol–water partition coefficient (Wildman–Crippen LogP) is 0.256. The summed E-state index contributed by atoms with van der Waals surface area (Å²) < 4.78 is 12.8. The molecule has 2 aliphatic heterocycles. The van der Waals surface area contributed by atoms with E-state index in [0.717, 1.165) is 6.42 Å². The van der Waals surface area contributed by atoms with Gasteiger partial charge in [0.25, 0.3) is 0 Å². The number of hydrogen-bond donors (Lipinski definition) is 0. The normalized spacial score (nSPS) is 42.6. The molecule has 2 unspecified atom stereocenters. The molecule has 11 heavy (non-hydrogen) atoms. The fourth-order valence-electron chi connectivity index (χ4n) is 2.21. The maximum Gasteiger partial charge on any atom is 0.114 e. The Morgan fingerprint density at radius 3 is 2.82 bits per heavy atom. The first-order valence-electron chi connectivity index (χ1n) is 4.03. The van der Waals surface area contributed by atoms with E-state index in [1.165, 1.54) is 0 Å². The maximum absolute atomic E-state index is 12.8. The average molecular weight is 149 g/mol. The molecule has 2 fully saturated rings. The van der Waals surface area contributed by atoms with Gasteiger partial charge in [0.05, 0.1) is 15.7 Å². The second kappa shape index (κ2) is 2.25. The standard InChI is InChI=1S/C7H10B2FN/c8-7(9)2-6-1-5(10)3-11(6)4-7/h5-6H,1-4H2. The molecule has 0 bridgehead atoms. The average Bonchev–Trinajstić information content (AvgIpc) is 2.17. The molecule has 2 rings (SSSR count). The van der Waals surface area contributed by atoms with Gasteiger partial charge in [-0.25, -0.2) is 4.39 Å². The van der Waals surface area contributed by atoms with Crippen LogP contribution >= 0.6 is 0 Å². The van der Waals surface area contributed by atoms with Gasteiger partial charge in [-0.3, -0.25) is 4.90 Å². The lowest BCUT2D eigenvalue weighted by Gasteiger charge is -2.18. The van der Waals surface area contributed by atoms with Crippen molar-refractivity contribution >= 4 is 15.7 Å². The number of nitrogens with zero attached hydrogens (tertiary/aromatic N) is 1. The summed E-state index contributed by atoms with van der Waals surface area (Å²) in [4.78, 5) is 2.06. The van der Waals surface area contributed by atoms with Crippen LogP contribution in [0, 0.1) is 0 Å². The van der Waals surface area contributed by atoms with Crippen LogP contribution in [0.25, 0.3) is 0 Å². The Balaban J connectivity index is 2.04. The molecule has 0 saturated carbocycles. The zero-order valence-electron chi connectivity index (χ0n) is 6.46. The highest BCUT2D eigenvalue weighted by Gasteiger charge is 2.42. The number of halogens is 1. The first-order chi connectivity index (χ1) is 5.07. The molecule has 0 N–H and O–H groups in total. The molecule has 56 valence electrons. The van der Waals surface area contributed by atoms with E-state index >= 15 is 0 Å². The molecule has 0 spiro atoms. The van der Waals surface area contributed by atoms with Crippen molar-refractivity contribution in [3.8, 4) is 0 Å². The second-order valence-electron chi connectivity index (χ2n) is 3.85. The summed E-state index contributed by atoms with van der Waals surface area (Å²) in [7, 11) is 11.5. The predicted molar refractivity (Wildman–Crippen MR) is 43.7 cm³/mol. The van der Waals surface area contributed by atoms with Crippen LogP contribution in [0.2, 0.25) is 5.21 Å². The zero-order valence-corrected chi connectivity index (χ0v) is 6.46. The van der Waals surface area contributed by atoms with E-state index in [1.807, 2.05) is 0 Å². The minimum atomic E-state index is -0.656. The number of rotatable bonds is 0. The van der Waals surface area contributed by atoms with Crippen molar-refractivity contribution in [1.29, 1.82) is 0 Å². The highest BCUT2D eigenvalue weighted by atomic mass is 19.1. The SMILES string of the molecule is [B]C1([B])CC2CC(F)CN2C1. The number of hydrogen-bond acceptors (Lipinski definition) is 1. The number of alkyl halides is 1. The van der Waals surface area contributed by atoms with E-state index in [9.17, 15) is 4.39 Å². The van der Waals surface area contributed by atoms with Crippen LogP contribution in [0.1, 0.15) is 12.8 Å². The molecule has 0 aromatic carbocycles. The van der Waals surface area contributed by atoms with E-state index in [0.29, 0.717) is 25.6 Å². The summed E-state index contributed by atoms with van der Waals surface area (Å²) in [6.45, 7) is 1.18. The Morgan fingerprint density at radius 2 is 2.18 bits per heavy atom. The minimum Gasteiger partial charge on any atom is -0.298 e. The smallest absolute Gasteiger partial charge is 0.114 e. The van der Waals surface area contributed by atoms with Crippen molar-refractivity contribution in [3.05, 3.63) is 0 Å². The minimum absolute atomic E-state index is 0.306. The van der Waals surface area contributed by atoms with Gasteiger partial charge in [-0.15, -0.1) is 0 Å². The van der Waals surface area contributed by atoms with Gasteiger partial charge in [-0.2, -0.15) is 0 Å². The van der Waals surface area contributed by atoms with Crippen LogP contribution in [-0.2, 0) is 0 Å². The summed E-state index contributed by atoms with van der Waals surface area (Å²) in [6, 6.07) is 0.306. The van der Waals surface area contributed by atoms with Crippen molar-refractivity contribution in [2.45, 2.75) is 30.3 Å². The Morgan fingerprint density at radius 1 is 1.45 bits per heavy atom. The van der Waals surface area contributed by atoms with E-state index in [2.05, 4.69) is 4.90 Å². The number of fused-ring (bicyclic) bond motifs is 1. The van der Waals surface area contributed by atoms with Crippen molar-refractivity contribution in [2.75, 3.05) is 13.1 Å². The molecule has 0 amide bonds. The van der Waals surface area contributed by atoms with E-state index in [-0.39, 0.29) is 0 Å². The molecule has 0 aromatic heterocycles. The Hall–Kier alpha value is 0.0199. The van der Waals surface area contributed by atoms with Crippen LogP contribution in [0.4, 0.5) is 4.39 Å². The third-order valence-electron chi connectivity index (χ3n) is 2.59. The van der Waals surface area contributed by atoms with Crippen LogP contribution in [0.5, 0.6) is 0 Å². The Kier molecular flexibility index (Phi) is 1.57. The highest BCUT2D eigenvalue weighted by Crippen LogP contribution is 2.40. The summed E-state index contributed by atoms with van der Waals surface area (Å²) in [5, 5.41) is -0.565. The first-order valence-corrected chi connectivity index (χ1v) is 4.03. The molecular weight excluding hydrogens is 139 g/mol. The molecule has 2 saturated heterocycles. The van der Waals surface area contributed by atoms with Gasteiger partial charge in [0, 0.05) is 12.6 Å². The fourth-order valence-corrected chi connectivity index (χ4v) is 2.21. The summed E-state index contributed by atoms with van der Waals surface area (Å²) >= 11 is 0. The van der Waals surface area contributed by atoms with Crippen molar-refractivity contribution in [3.63, 3.8) is 0 Å². The molecule has 0 aromatic rings. The Labute approximate surface area is 69.1 Å². The third kappa shape index (κ3) is 1.33. The second-order valence-corrected chi connectivity index (χ2v) is 3.85. The van der Waals surface area contributed by atoms with Crippen molar-refractivity contribution < 1.29 is 4.39 Å². The van der Waals surface area contributed by atoms with Gasteiger partial charge in [0.2, 0.25) is 0 Å². The third-order valence-corrected chi connectivity index (χ3v) is 2.59. The summed E-state index contributed by atoms with van der Waals surface area (Å²) in [6.07, 6.45) is 0.708. The lowest BCUT2D eigenvalue weighted by Crippen LogP contribution is -2.25. The summed E-state index contributed by atoms with van der Waals surface area (Å²) in [5.74, 6) is 0.